The van der Waals surface area contributed by atoms with Crippen molar-refractivity contribution >= 4 is 64.6 Å². The van der Waals surface area contributed by atoms with Crippen LogP contribution in [0.1, 0.15) is 43.9 Å². The molecule has 0 fully saturated rings. The van der Waals surface area contributed by atoms with E-state index in [2.05, 4.69) is 124 Å². The first kappa shape index (κ1) is 20.8. The molecule has 0 saturated heterocycles. The third-order valence-corrected chi connectivity index (χ3v) is 9.85. The summed E-state index contributed by atoms with van der Waals surface area (Å²) in [5.41, 5.74) is 4.35. The Bertz CT molecular complexity index is 2250. The van der Waals surface area contributed by atoms with Crippen LogP contribution in [0.5, 0.6) is 0 Å². The Morgan fingerprint density at radius 3 is 1.61 bits per heavy atom. The largest absolute Gasteiger partial charge is 0.0610 e. The summed E-state index contributed by atoms with van der Waals surface area (Å²) in [6.07, 6.45) is 1.07. The van der Waals surface area contributed by atoms with E-state index in [1.807, 2.05) is 0 Å². The van der Waals surface area contributed by atoms with E-state index in [9.17, 15) is 0 Å². The zero-order valence-corrected chi connectivity index (χ0v) is 22.0. The Labute approximate surface area is 222 Å². The Balaban J connectivity index is 1.49. The Morgan fingerprint density at radius 1 is 0.421 bits per heavy atom. The molecule has 0 saturated carbocycles. The standard InChI is InChI=1S/C38H28/c1-37(2)21-38(3,30-19-26-10-4-7-22-13-15-24-9-6-12-28(30)34(24)32(22)26)29-18-17-25-16-14-23-8-5-11-27-20-31(37)36(29)35(25)33(23)27/h4-20H,21H2,1-3H3. The van der Waals surface area contributed by atoms with E-state index in [1.165, 1.54) is 81.3 Å². The van der Waals surface area contributed by atoms with Crippen LogP contribution in [0.3, 0.4) is 0 Å². The van der Waals surface area contributed by atoms with Gasteiger partial charge in [-0.05, 0) is 105 Å². The van der Waals surface area contributed by atoms with Gasteiger partial charge in [0, 0.05) is 5.41 Å². The summed E-state index contributed by atoms with van der Waals surface area (Å²) in [6, 6.07) is 39.5. The van der Waals surface area contributed by atoms with Crippen molar-refractivity contribution in [2.24, 2.45) is 0 Å². The lowest BCUT2D eigenvalue weighted by Gasteiger charge is -2.46. The minimum atomic E-state index is -0.122. The second kappa shape index (κ2) is 6.63. The van der Waals surface area contributed by atoms with E-state index in [4.69, 9.17) is 0 Å². The van der Waals surface area contributed by atoms with Gasteiger partial charge in [-0.15, -0.1) is 0 Å². The lowest BCUT2D eigenvalue weighted by Crippen LogP contribution is -2.37. The molecule has 0 heteroatoms. The first-order valence-corrected chi connectivity index (χ1v) is 13.8. The zero-order chi connectivity index (χ0) is 25.4. The average Bonchev–Trinajstić information content (AvgIpc) is 2.93. The smallest absolute Gasteiger partial charge is 0.0195 e. The van der Waals surface area contributed by atoms with Gasteiger partial charge in [-0.3, -0.25) is 0 Å². The maximum absolute atomic E-state index is 2.52. The lowest BCUT2D eigenvalue weighted by molar-refractivity contribution is 0.364. The molecule has 38 heavy (non-hydrogen) atoms. The van der Waals surface area contributed by atoms with Gasteiger partial charge in [-0.1, -0.05) is 112 Å². The SMILES string of the molecule is CC1(C)CC(C)(c2cc3cccc4ccc5cccc2c5c43)c2ccc3ccc4cccc5cc1c2c3c45. The summed E-state index contributed by atoms with van der Waals surface area (Å²) in [4.78, 5) is 0. The van der Waals surface area contributed by atoms with E-state index in [-0.39, 0.29) is 10.8 Å². The summed E-state index contributed by atoms with van der Waals surface area (Å²) in [7, 11) is 0. The van der Waals surface area contributed by atoms with Crippen molar-refractivity contribution in [1.29, 1.82) is 0 Å². The molecule has 8 aromatic carbocycles. The third-order valence-electron chi connectivity index (χ3n) is 9.85. The molecule has 1 unspecified atom stereocenters. The quantitative estimate of drug-likeness (QED) is 0.203. The van der Waals surface area contributed by atoms with Crippen LogP contribution in [0.25, 0.3) is 64.6 Å². The van der Waals surface area contributed by atoms with Crippen LogP contribution < -0.4 is 0 Å². The molecule has 0 radical (unpaired) electrons. The summed E-state index contributed by atoms with van der Waals surface area (Å²) < 4.78 is 0. The molecule has 180 valence electrons. The van der Waals surface area contributed by atoms with Gasteiger partial charge in [0.15, 0.2) is 0 Å². The molecular weight excluding hydrogens is 456 g/mol. The fourth-order valence-corrected chi connectivity index (χ4v) is 8.38. The lowest BCUT2D eigenvalue weighted by atomic mass is 9.57. The molecule has 8 aromatic rings. The number of rotatable bonds is 1. The molecule has 0 heterocycles. The fraction of sp³-hybridized carbons (Fsp3) is 0.158. The van der Waals surface area contributed by atoms with E-state index in [1.54, 1.807) is 0 Å². The van der Waals surface area contributed by atoms with Gasteiger partial charge in [0.05, 0.1) is 0 Å². The molecule has 1 atom stereocenters. The van der Waals surface area contributed by atoms with E-state index < -0.39 is 0 Å². The molecule has 1 aliphatic carbocycles. The first-order chi connectivity index (χ1) is 18.4. The van der Waals surface area contributed by atoms with Gasteiger partial charge in [-0.25, -0.2) is 0 Å². The Kier molecular flexibility index (Phi) is 3.64. The van der Waals surface area contributed by atoms with Gasteiger partial charge in [0.1, 0.15) is 0 Å². The second-order valence-corrected chi connectivity index (χ2v) is 12.5. The van der Waals surface area contributed by atoms with Crippen LogP contribution in [0, 0.1) is 0 Å². The van der Waals surface area contributed by atoms with Crippen molar-refractivity contribution in [2.75, 3.05) is 0 Å². The van der Waals surface area contributed by atoms with Crippen LogP contribution in [0.4, 0.5) is 0 Å². The molecule has 0 spiro atoms. The predicted octanol–water partition coefficient (Wildman–Crippen LogP) is 10.5. The molecule has 0 aliphatic heterocycles. The third kappa shape index (κ3) is 2.38. The van der Waals surface area contributed by atoms with Crippen LogP contribution in [0.2, 0.25) is 0 Å². The van der Waals surface area contributed by atoms with Crippen molar-refractivity contribution in [1.82, 2.24) is 0 Å². The average molecular weight is 485 g/mol. The highest BCUT2D eigenvalue weighted by Crippen LogP contribution is 2.56. The summed E-state index contributed by atoms with van der Waals surface area (Å²) in [5.74, 6) is 0. The summed E-state index contributed by atoms with van der Waals surface area (Å²) in [5, 5.41) is 16.6. The Morgan fingerprint density at radius 2 is 0.921 bits per heavy atom. The number of benzene rings is 8. The first-order valence-electron chi connectivity index (χ1n) is 13.8. The molecule has 0 amide bonds. The van der Waals surface area contributed by atoms with E-state index >= 15 is 0 Å². The maximum Gasteiger partial charge on any atom is 0.0195 e. The molecule has 9 rings (SSSR count). The topological polar surface area (TPSA) is 0 Å². The molecule has 0 aromatic heterocycles. The Hall–Kier alpha value is -4.16. The van der Waals surface area contributed by atoms with E-state index in [0.29, 0.717) is 0 Å². The predicted molar refractivity (Wildman–Crippen MR) is 164 cm³/mol. The number of hydrogen-bond acceptors (Lipinski definition) is 0. The summed E-state index contributed by atoms with van der Waals surface area (Å²) in [6.45, 7) is 7.44. The fourth-order valence-electron chi connectivity index (χ4n) is 8.38. The van der Waals surface area contributed by atoms with Gasteiger partial charge in [-0.2, -0.15) is 0 Å². The maximum atomic E-state index is 2.52. The van der Waals surface area contributed by atoms with Crippen molar-refractivity contribution in [3.05, 3.63) is 120 Å². The second-order valence-electron chi connectivity index (χ2n) is 12.5. The van der Waals surface area contributed by atoms with Gasteiger partial charge in [0.2, 0.25) is 0 Å². The highest BCUT2D eigenvalue weighted by atomic mass is 14.5. The monoisotopic (exact) mass is 484 g/mol. The van der Waals surface area contributed by atoms with Crippen LogP contribution >= 0.6 is 0 Å². The normalized spacial score (nSPS) is 19.1. The van der Waals surface area contributed by atoms with Crippen LogP contribution in [0.15, 0.2) is 103 Å². The van der Waals surface area contributed by atoms with Crippen LogP contribution in [-0.4, -0.2) is 0 Å². The van der Waals surface area contributed by atoms with Crippen molar-refractivity contribution < 1.29 is 0 Å². The van der Waals surface area contributed by atoms with Crippen LogP contribution in [-0.2, 0) is 10.8 Å². The van der Waals surface area contributed by atoms with E-state index in [0.717, 1.165) is 6.42 Å². The van der Waals surface area contributed by atoms with Gasteiger partial charge in [0.25, 0.3) is 0 Å². The molecular formula is C38H28. The molecule has 0 nitrogen and oxygen atoms in total. The van der Waals surface area contributed by atoms with Crippen molar-refractivity contribution in [3.8, 4) is 0 Å². The molecule has 1 aliphatic rings. The number of hydrogen-bond donors (Lipinski definition) is 0. The zero-order valence-electron chi connectivity index (χ0n) is 22.0. The van der Waals surface area contributed by atoms with Crippen molar-refractivity contribution in [2.45, 2.75) is 38.0 Å². The molecule has 0 bridgehead atoms. The van der Waals surface area contributed by atoms with Gasteiger partial charge < -0.3 is 0 Å². The minimum Gasteiger partial charge on any atom is -0.0610 e. The minimum absolute atomic E-state index is 0.0312. The van der Waals surface area contributed by atoms with Gasteiger partial charge >= 0.3 is 0 Å². The highest BCUT2D eigenvalue weighted by molar-refractivity contribution is 6.26. The molecule has 0 N–H and O–H groups in total. The highest BCUT2D eigenvalue weighted by Gasteiger charge is 2.44. The van der Waals surface area contributed by atoms with Crippen molar-refractivity contribution in [3.63, 3.8) is 0 Å². The summed E-state index contributed by atoms with van der Waals surface area (Å²) >= 11 is 0.